The highest BCUT2D eigenvalue weighted by Crippen LogP contribution is 2.23. The standard InChI is InChI=1S/C16H16N2O4S/c1-18(7-13-16(21)12(20)6-10(9-19)22-13)8-15-17-11-4-2-3-5-14(11)23-15/h2-6,19,21H,7-9H2,1H3. The number of aromatic nitrogens is 1. The van der Waals surface area contributed by atoms with Crippen molar-refractivity contribution in [3.05, 3.63) is 57.1 Å². The molecule has 0 saturated heterocycles. The molecule has 0 unspecified atom stereocenters. The zero-order chi connectivity index (χ0) is 16.4. The van der Waals surface area contributed by atoms with E-state index in [0.717, 1.165) is 21.3 Å². The Morgan fingerprint density at radius 2 is 2.09 bits per heavy atom. The second-order valence-electron chi connectivity index (χ2n) is 5.25. The Bertz CT molecular complexity index is 854. The van der Waals surface area contributed by atoms with Crippen LogP contribution in [0.4, 0.5) is 0 Å². The maximum absolute atomic E-state index is 11.6. The summed E-state index contributed by atoms with van der Waals surface area (Å²) in [6.45, 7) is 0.417. The van der Waals surface area contributed by atoms with Crippen LogP contribution in [0.3, 0.4) is 0 Å². The zero-order valence-electron chi connectivity index (χ0n) is 12.5. The first-order valence-corrected chi connectivity index (χ1v) is 7.87. The molecule has 0 bridgehead atoms. The SMILES string of the molecule is CN(Cc1nc2ccccc2s1)Cc1oc(CO)cc(=O)c1O. The van der Waals surface area contributed by atoms with Crippen molar-refractivity contribution in [1.82, 2.24) is 9.88 Å². The predicted molar refractivity (Wildman–Crippen MR) is 87.4 cm³/mol. The predicted octanol–water partition coefficient (Wildman–Crippen LogP) is 2.08. The van der Waals surface area contributed by atoms with E-state index in [1.54, 1.807) is 11.3 Å². The third-order valence-electron chi connectivity index (χ3n) is 3.36. The summed E-state index contributed by atoms with van der Waals surface area (Å²) in [7, 11) is 1.84. The summed E-state index contributed by atoms with van der Waals surface area (Å²) in [6.07, 6.45) is 0. The quantitative estimate of drug-likeness (QED) is 0.744. The van der Waals surface area contributed by atoms with Gasteiger partial charge in [-0.05, 0) is 19.2 Å². The van der Waals surface area contributed by atoms with E-state index in [4.69, 9.17) is 9.52 Å². The van der Waals surface area contributed by atoms with E-state index < -0.39 is 11.2 Å². The van der Waals surface area contributed by atoms with Crippen LogP contribution in [0.2, 0.25) is 0 Å². The number of hydrogen-bond donors (Lipinski definition) is 2. The molecule has 2 heterocycles. The summed E-state index contributed by atoms with van der Waals surface area (Å²) in [5.41, 5.74) is 0.404. The Balaban J connectivity index is 1.78. The number of nitrogens with zero attached hydrogens (tertiary/aromatic N) is 2. The van der Waals surface area contributed by atoms with E-state index in [0.29, 0.717) is 6.54 Å². The van der Waals surface area contributed by atoms with Gasteiger partial charge >= 0.3 is 0 Å². The Morgan fingerprint density at radius 3 is 2.83 bits per heavy atom. The monoisotopic (exact) mass is 332 g/mol. The van der Waals surface area contributed by atoms with E-state index in [2.05, 4.69) is 4.98 Å². The van der Waals surface area contributed by atoms with Crippen molar-refractivity contribution >= 4 is 21.6 Å². The number of aliphatic hydroxyl groups excluding tert-OH is 1. The molecule has 0 amide bonds. The summed E-state index contributed by atoms with van der Waals surface area (Å²) in [6, 6.07) is 8.99. The summed E-state index contributed by atoms with van der Waals surface area (Å²) in [5.74, 6) is -0.139. The lowest BCUT2D eigenvalue weighted by molar-refractivity contribution is 0.218. The molecule has 2 aromatic heterocycles. The van der Waals surface area contributed by atoms with Gasteiger partial charge in [0.2, 0.25) is 11.2 Å². The number of benzene rings is 1. The molecule has 0 spiro atoms. The van der Waals surface area contributed by atoms with Gasteiger partial charge in [0.1, 0.15) is 17.4 Å². The minimum Gasteiger partial charge on any atom is -0.502 e. The summed E-state index contributed by atoms with van der Waals surface area (Å²) in [4.78, 5) is 18.1. The van der Waals surface area contributed by atoms with E-state index >= 15 is 0 Å². The molecule has 6 nitrogen and oxygen atoms in total. The molecule has 3 aromatic rings. The van der Waals surface area contributed by atoms with Gasteiger partial charge in [-0.15, -0.1) is 11.3 Å². The average Bonchev–Trinajstić information content (AvgIpc) is 2.93. The first-order chi connectivity index (χ1) is 11.1. The van der Waals surface area contributed by atoms with Crippen LogP contribution in [0.5, 0.6) is 5.75 Å². The number of para-hydroxylation sites is 1. The van der Waals surface area contributed by atoms with Gasteiger partial charge in [0.15, 0.2) is 5.76 Å². The van der Waals surface area contributed by atoms with Crippen LogP contribution in [0.1, 0.15) is 16.5 Å². The summed E-state index contributed by atoms with van der Waals surface area (Å²) >= 11 is 1.60. The van der Waals surface area contributed by atoms with Crippen LogP contribution in [0.25, 0.3) is 10.2 Å². The first-order valence-electron chi connectivity index (χ1n) is 7.05. The number of rotatable bonds is 5. The molecule has 1 aromatic carbocycles. The Hall–Kier alpha value is -2.22. The van der Waals surface area contributed by atoms with Gasteiger partial charge in [-0.25, -0.2) is 4.98 Å². The van der Waals surface area contributed by atoms with Crippen molar-refractivity contribution in [3.63, 3.8) is 0 Å². The van der Waals surface area contributed by atoms with Crippen LogP contribution in [-0.4, -0.2) is 27.1 Å². The lowest BCUT2D eigenvalue weighted by Crippen LogP contribution is -2.18. The van der Waals surface area contributed by atoms with Gasteiger partial charge < -0.3 is 14.6 Å². The molecular formula is C16H16N2O4S. The van der Waals surface area contributed by atoms with Gasteiger partial charge in [0.05, 0.1) is 23.3 Å². The molecule has 0 saturated carbocycles. The molecule has 0 aliphatic carbocycles. The number of aromatic hydroxyl groups is 1. The van der Waals surface area contributed by atoms with Crippen LogP contribution in [-0.2, 0) is 19.7 Å². The summed E-state index contributed by atoms with van der Waals surface area (Å²) < 4.78 is 6.46. The number of hydrogen-bond acceptors (Lipinski definition) is 7. The molecular weight excluding hydrogens is 316 g/mol. The van der Waals surface area contributed by atoms with Crippen molar-refractivity contribution in [3.8, 4) is 5.75 Å². The van der Waals surface area contributed by atoms with Gasteiger partial charge in [-0.3, -0.25) is 9.69 Å². The molecule has 3 rings (SSSR count). The summed E-state index contributed by atoms with van der Waals surface area (Å²) in [5, 5.41) is 19.8. The molecule has 7 heteroatoms. The van der Waals surface area contributed by atoms with Gasteiger partial charge in [-0.1, -0.05) is 12.1 Å². The lowest BCUT2D eigenvalue weighted by Gasteiger charge is -2.15. The fourth-order valence-electron chi connectivity index (χ4n) is 2.29. The molecule has 2 N–H and O–H groups in total. The number of aliphatic hydroxyl groups is 1. The third-order valence-corrected chi connectivity index (χ3v) is 4.38. The van der Waals surface area contributed by atoms with Crippen molar-refractivity contribution in [2.45, 2.75) is 19.7 Å². The second kappa shape index (κ2) is 6.49. The van der Waals surface area contributed by atoms with Crippen LogP contribution >= 0.6 is 11.3 Å². The maximum atomic E-state index is 11.6. The fourth-order valence-corrected chi connectivity index (χ4v) is 3.34. The molecule has 0 fully saturated rings. The normalized spacial score (nSPS) is 11.4. The van der Waals surface area contributed by atoms with Gasteiger partial charge in [-0.2, -0.15) is 0 Å². The number of thiazole rings is 1. The molecule has 120 valence electrons. The fraction of sp³-hybridized carbons (Fsp3) is 0.250. The average molecular weight is 332 g/mol. The van der Waals surface area contributed by atoms with Gasteiger partial charge in [0, 0.05) is 6.07 Å². The van der Waals surface area contributed by atoms with Crippen molar-refractivity contribution in [2.24, 2.45) is 0 Å². The second-order valence-corrected chi connectivity index (χ2v) is 6.37. The van der Waals surface area contributed by atoms with Crippen LogP contribution in [0.15, 0.2) is 39.5 Å². The number of fused-ring (bicyclic) bond motifs is 1. The maximum Gasteiger partial charge on any atom is 0.227 e. The molecule has 0 radical (unpaired) electrons. The van der Waals surface area contributed by atoms with E-state index in [1.807, 2.05) is 36.2 Å². The zero-order valence-corrected chi connectivity index (χ0v) is 13.3. The Kier molecular flexibility index (Phi) is 4.42. The van der Waals surface area contributed by atoms with Crippen LogP contribution in [0, 0.1) is 0 Å². The van der Waals surface area contributed by atoms with Crippen molar-refractivity contribution < 1.29 is 14.6 Å². The topological polar surface area (TPSA) is 86.8 Å². The smallest absolute Gasteiger partial charge is 0.227 e. The Labute approximate surface area is 136 Å². The largest absolute Gasteiger partial charge is 0.502 e. The first kappa shape index (κ1) is 15.7. The van der Waals surface area contributed by atoms with Crippen molar-refractivity contribution in [1.29, 1.82) is 0 Å². The lowest BCUT2D eigenvalue weighted by atomic mass is 10.3. The minimum absolute atomic E-state index is 0.135. The van der Waals surface area contributed by atoms with Crippen molar-refractivity contribution in [2.75, 3.05) is 7.05 Å². The highest BCUT2D eigenvalue weighted by atomic mass is 32.1. The molecule has 0 aliphatic rings. The van der Waals surface area contributed by atoms with Crippen LogP contribution < -0.4 is 5.43 Å². The molecule has 23 heavy (non-hydrogen) atoms. The highest BCUT2D eigenvalue weighted by Gasteiger charge is 2.14. The van der Waals surface area contributed by atoms with E-state index in [-0.39, 0.29) is 24.7 Å². The van der Waals surface area contributed by atoms with Gasteiger partial charge in [0.25, 0.3) is 0 Å². The highest BCUT2D eigenvalue weighted by molar-refractivity contribution is 7.18. The molecule has 0 atom stereocenters. The minimum atomic E-state index is -0.552. The van der Waals surface area contributed by atoms with E-state index in [1.165, 1.54) is 0 Å². The Morgan fingerprint density at radius 1 is 1.30 bits per heavy atom. The molecule has 0 aliphatic heterocycles. The van der Waals surface area contributed by atoms with E-state index in [9.17, 15) is 9.90 Å². The third kappa shape index (κ3) is 3.42.